The molecule has 152 valence electrons. The van der Waals surface area contributed by atoms with E-state index in [0.717, 1.165) is 22.2 Å². The number of carbonyl (C=O) groups is 1. The second-order valence-corrected chi connectivity index (χ2v) is 6.71. The summed E-state index contributed by atoms with van der Waals surface area (Å²) in [6.45, 7) is 4.02. The molecule has 3 heterocycles. The number of pyridine rings is 1. The van der Waals surface area contributed by atoms with Gasteiger partial charge in [0.05, 0.1) is 17.3 Å². The zero-order valence-corrected chi connectivity index (χ0v) is 16.5. The summed E-state index contributed by atoms with van der Waals surface area (Å²) in [5.41, 5.74) is 4.44. The molecule has 0 radical (unpaired) electrons. The van der Waals surface area contributed by atoms with E-state index in [9.17, 15) is 9.90 Å². The molecule has 3 aromatic heterocycles. The average molecular weight is 403 g/mol. The zero-order valence-electron chi connectivity index (χ0n) is 16.5. The van der Waals surface area contributed by atoms with E-state index in [4.69, 9.17) is 0 Å². The SMILES string of the molecule is CCNC(=O)Nc1nc2c(-c3ncccn3)cc(-c3ccc(C(C)O)nc3)cc2[nH]1. The van der Waals surface area contributed by atoms with E-state index in [-0.39, 0.29) is 6.03 Å². The van der Waals surface area contributed by atoms with Crippen LogP contribution in [0, 0.1) is 0 Å². The van der Waals surface area contributed by atoms with Crippen LogP contribution in [-0.2, 0) is 0 Å². The van der Waals surface area contributed by atoms with Gasteiger partial charge in [-0.25, -0.2) is 19.7 Å². The van der Waals surface area contributed by atoms with Gasteiger partial charge in [-0.1, -0.05) is 6.07 Å². The van der Waals surface area contributed by atoms with E-state index in [1.807, 2.05) is 25.1 Å². The van der Waals surface area contributed by atoms with Gasteiger partial charge in [-0.05, 0) is 43.7 Å². The molecule has 4 N–H and O–H groups in total. The second-order valence-electron chi connectivity index (χ2n) is 6.71. The van der Waals surface area contributed by atoms with Crippen LogP contribution >= 0.6 is 0 Å². The second kappa shape index (κ2) is 8.26. The number of H-pyrrole nitrogens is 1. The summed E-state index contributed by atoms with van der Waals surface area (Å²) in [6.07, 6.45) is 4.41. The summed E-state index contributed by atoms with van der Waals surface area (Å²) >= 11 is 0. The molecular weight excluding hydrogens is 382 g/mol. The number of urea groups is 1. The number of aliphatic hydroxyl groups is 1. The molecule has 1 atom stereocenters. The summed E-state index contributed by atoms with van der Waals surface area (Å²) in [7, 11) is 0. The minimum atomic E-state index is -0.634. The van der Waals surface area contributed by atoms with Crippen LogP contribution in [-0.4, -0.2) is 42.6 Å². The van der Waals surface area contributed by atoms with Gasteiger partial charge in [0.25, 0.3) is 0 Å². The molecule has 1 aromatic carbocycles. The monoisotopic (exact) mass is 403 g/mol. The summed E-state index contributed by atoms with van der Waals surface area (Å²) in [5.74, 6) is 0.849. The van der Waals surface area contributed by atoms with Crippen molar-refractivity contribution < 1.29 is 9.90 Å². The normalized spacial score (nSPS) is 12.0. The van der Waals surface area contributed by atoms with Crippen molar-refractivity contribution in [3.63, 3.8) is 0 Å². The Morgan fingerprint density at radius 1 is 1.17 bits per heavy atom. The first-order valence-corrected chi connectivity index (χ1v) is 9.55. The smallest absolute Gasteiger partial charge is 0.321 e. The third kappa shape index (κ3) is 3.96. The molecule has 0 saturated carbocycles. The fourth-order valence-corrected chi connectivity index (χ4v) is 3.09. The molecule has 0 aliphatic rings. The van der Waals surface area contributed by atoms with E-state index in [1.165, 1.54) is 0 Å². The standard InChI is InChI=1S/C21H21N7O2/c1-3-22-21(30)28-20-26-17-10-14(13-5-6-16(12(2)29)25-11-13)9-15(18(17)27-20)19-23-7-4-8-24-19/h4-12,29H,3H2,1-2H3,(H3,22,26,27,28,30). The highest BCUT2D eigenvalue weighted by Crippen LogP contribution is 2.32. The van der Waals surface area contributed by atoms with Crippen LogP contribution in [0.2, 0.25) is 0 Å². The van der Waals surface area contributed by atoms with Gasteiger partial charge in [0.1, 0.15) is 5.52 Å². The molecule has 0 saturated heterocycles. The molecule has 9 nitrogen and oxygen atoms in total. The highest BCUT2D eigenvalue weighted by Gasteiger charge is 2.15. The largest absolute Gasteiger partial charge is 0.387 e. The summed E-state index contributed by atoms with van der Waals surface area (Å²) < 4.78 is 0. The van der Waals surface area contributed by atoms with Crippen LogP contribution < -0.4 is 10.6 Å². The first kappa shape index (κ1) is 19.5. The van der Waals surface area contributed by atoms with Gasteiger partial charge in [0.15, 0.2) is 5.82 Å². The van der Waals surface area contributed by atoms with E-state index in [0.29, 0.717) is 29.5 Å². The van der Waals surface area contributed by atoms with Crippen LogP contribution in [0.25, 0.3) is 33.5 Å². The van der Waals surface area contributed by atoms with Crippen molar-refractivity contribution in [3.05, 3.63) is 54.6 Å². The van der Waals surface area contributed by atoms with Gasteiger partial charge < -0.3 is 15.4 Å². The van der Waals surface area contributed by atoms with E-state index in [1.54, 1.807) is 37.6 Å². The Bertz CT molecular complexity index is 1170. The van der Waals surface area contributed by atoms with Crippen molar-refractivity contribution >= 4 is 23.0 Å². The lowest BCUT2D eigenvalue weighted by Gasteiger charge is -2.08. The van der Waals surface area contributed by atoms with Gasteiger partial charge >= 0.3 is 6.03 Å². The van der Waals surface area contributed by atoms with E-state index < -0.39 is 6.10 Å². The highest BCUT2D eigenvalue weighted by atomic mass is 16.3. The Kier molecular flexibility index (Phi) is 5.36. The van der Waals surface area contributed by atoms with E-state index >= 15 is 0 Å². The summed E-state index contributed by atoms with van der Waals surface area (Å²) in [5, 5.41) is 15.1. The zero-order chi connectivity index (χ0) is 21.1. The predicted molar refractivity (Wildman–Crippen MR) is 114 cm³/mol. The predicted octanol–water partition coefficient (Wildman–Crippen LogP) is 3.28. The topological polar surface area (TPSA) is 129 Å². The number of aliphatic hydroxyl groups excluding tert-OH is 1. The van der Waals surface area contributed by atoms with Gasteiger partial charge in [-0.2, -0.15) is 0 Å². The Morgan fingerprint density at radius 2 is 1.97 bits per heavy atom. The van der Waals surface area contributed by atoms with Gasteiger partial charge in [-0.3, -0.25) is 10.3 Å². The Balaban J connectivity index is 1.82. The third-order valence-corrected chi connectivity index (χ3v) is 4.51. The maximum atomic E-state index is 11.9. The van der Waals surface area contributed by atoms with Crippen molar-refractivity contribution in [2.75, 3.05) is 11.9 Å². The molecule has 0 bridgehead atoms. The minimum absolute atomic E-state index is 0.327. The molecule has 4 rings (SSSR count). The van der Waals surface area contributed by atoms with Crippen LogP contribution in [0.4, 0.5) is 10.7 Å². The first-order valence-electron chi connectivity index (χ1n) is 9.55. The van der Waals surface area contributed by atoms with Gasteiger partial charge in [0.2, 0.25) is 5.95 Å². The number of imidazole rings is 1. The number of fused-ring (bicyclic) bond motifs is 1. The van der Waals surface area contributed by atoms with E-state index in [2.05, 4.69) is 35.6 Å². The lowest BCUT2D eigenvalue weighted by atomic mass is 10.0. The highest BCUT2D eigenvalue weighted by molar-refractivity contribution is 5.97. The number of rotatable bonds is 5. The molecule has 0 aliphatic heterocycles. The number of benzene rings is 1. The third-order valence-electron chi connectivity index (χ3n) is 4.51. The van der Waals surface area contributed by atoms with Gasteiger partial charge in [0, 0.05) is 36.3 Å². The number of anilines is 1. The van der Waals surface area contributed by atoms with Crippen LogP contribution in [0.5, 0.6) is 0 Å². The van der Waals surface area contributed by atoms with Crippen molar-refractivity contribution in [3.8, 4) is 22.5 Å². The number of nitrogens with zero attached hydrogens (tertiary/aromatic N) is 4. The molecule has 0 spiro atoms. The molecular formula is C21H21N7O2. The van der Waals surface area contributed by atoms with Crippen LogP contribution in [0.1, 0.15) is 25.6 Å². The molecule has 4 aromatic rings. The van der Waals surface area contributed by atoms with Crippen molar-refractivity contribution in [1.29, 1.82) is 0 Å². The quantitative estimate of drug-likeness (QED) is 0.405. The first-order chi connectivity index (χ1) is 14.5. The molecule has 30 heavy (non-hydrogen) atoms. The molecule has 0 aliphatic carbocycles. The summed E-state index contributed by atoms with van der Waals surface area (Å²) in [6, 6.07) is 8.96. The molecule has 2 amide bonds. The number of aromatic amines is 1. The van der Waals surface area contributed by atoms with Crippen molar-refractivity contribution in [1.82, 2.24) is 30.2 Å². The maximum absolute atomic E-state index is 11.9. The lowest BCUT2D eigenvalue weighted by molar-refractivity contribution is 0.194. The average Bonchev–Trinajstić information content (AvgIpc) is 3.16. The number of aromatic nitrogens is 5. The summed E-state index contributed by atoms with van der Waals surface area (Å²) in [4.78, 5) is 32.6. The number of carbonyl (C=O) groups excluding carboxylic acids is 1. The maximum Gasteiger partial charge on any atom is 0.321 e. The Hall–Kier alpha value is -3.85. The fraction of sp³-hybridized carbons (Fsp3) is 0.190. The Morgan fingerprint density at radius 3 is 2.63 bits per heavy atom. The fourth-order valence-electron chi connectivity index (χ4n) is 3.09. The van der Waals surface area contributed by atoms with Crippen molar-refractivity contribution in [2.45, 2.75) is 20.0 Å². The lowest BCUT2D eigenvalue weighted by Crippen LogP contribution is -2.28. The minimum Gasteiger partial charge on any atom is -0.387 e. The number of hydrogen-bond acceptors (Lipinski definition) is 6. The van der Waals surface area contributed by atoms with Gasteiger partial charge in [-0.15, -0.1) is 0 Å². The number of amides is 2. The van der Waals surface area contributed by atoms with Crippen LogP contribution in [0.3, 0.4) is 0 Å². The molecule has 0 fully saturated rings. The molecule has 9 heteroatoms. The van der Waals surface area contributed by atoms with Crippen LogP contribution in [0.15, 0.2) is 48.9 Å². The molecule has 1 unspecified atom stereocenters. The Labute approximate surface area is 172 Å². The number of hydrogen-bond donors (Lipinski definition) is 4. The number of nitrogens with one attached hydrogen (secondary N) is 3. The van der Waals surface area contributed by atoms with Crippen molar-refractivity contribution in [2.24, 2.45) is 0 Å².